The zero-order chi connectivity index (χ0) is 90.3. The first-order valence-electron chi connectivity index (χ1n) is 41.8. The standard InChI is InChI=1S/4C24H23FN6O/c4*1-12-5-4-6-17(25)20(12)18-7-14-8-19(27-10-16(14)23(26)29-18)30-24(32)22-13(2)21(22)15-9-28-31(3)11-15/h4*4-11,13,21-22H,1-3H3,(H2,26,29)(H,27,30,32)/t2*13-,21+,22-;2*13-,21-,22+/m1010/s1. The lowest BCUT2D eigenvalue weighted by Gasteiger charge is -2.11. The molecular weight excluding hydrogens is 1630 g/mol. The first-order valence-corrected chi connectivity index (χ1v) is 41.8. The van der Waals surface area contributed by atoms with Crippen LogP contribution in [0.4, 0.5) is 64.1 Å². The number of benzene rings is 4. The molecule has 128 heavy (non-hydrogen) atoms. The fourth-order valence-electron chi connectivity index (χ4n) is 18.1. The predicted octanol–water partition coefficient (Wildman–Crippen LogP) is 16.2. The zero-order valence-electron chi connectivity index (χ0n) is 72.0. The van der Waals surface area contributed by atoms with Gasteiger partial charge in [0.25, 0.3) is 0 Å². The third kappa shape index (κ3) is 16.9. The van der Waals surface area contributed by atoms with E-state index in [9.17, 15) is 36.7 Å². The van der Waals surface area contributed by atoms with E-state index in [1.807, 2.05) is 130 Å². The van der Waals surface area contributed by atoms with Gasteiger partial charge in [0.15, 0.2) is 0 Å². The molecule has 12 atom stereocenters. The highest BCUT2D eigenvalue weighted by Gasteiger charge is 2.56. The van der Waals surface area contributed by atoms with Crippen molar-refractivity contribution in [2.24, 2.45) is 75.5 Å². The third-order valence-corrected chi connectivity index (χ3v) is 25.1. The van der Waals surface area contributed by atoms with Crippen LogP contribution in [0.5, 0.6) is 0 Å². The second kappa shape index (κ2) is 34.0. The predicted molar refractivity (Wildman–Crippen MR) is 485 cm³/mol. The summed E-state index contributed by atoms with van der Waals surface area (Å²) in [6.07, 6.45) is 21.4. The fourth-order valence-corrected chi connectivity index (χ4v) is 18.1. The molecule has 0 saturated heterocycles. The smallest absolute Gasteiger partial charge is 0.229 e. The monoisotopic (exact) mass is 1720 g/mol. The second-order valence-electron chi connectivity index (χ2n) is 33.8. The lowest BCUT2D eigenvalue weighted by molar-refractivity contribution is -0.118. The molecule has 12 aromatic heterocycles. The molecule has 0 radical (unpaired) electrons. The van der Waals surface area contributed by atoms with Crippen molar-refractivity contribution in [3.63, 3.8) is 0 Å². The van der Waals surface area contributed by atoms with Gasteiger partial charge in [-0.2, -0.15) is 20.4 Å². The largest absolute Gasteiger partial charge is 0.383 e. The Labute approximate surface area is 732 Å². The van der Waals surface area contributed by atoms with Gasteiger partial charge in [0.2, 0.25) is 23.6 Å². The van der Waals surface area contributed by atoms with Crippen molar-refractivity contribution >= 4 is 113 Å². The number of hydrogen-bond acceptors (Lipinski definition) is 20. The van der Waals surface area contributed by atoms with Crippen molar-refractivity contribution in [1.82, 2.24) is 79.0 Å². The maximum Gasteiger partial charge on any atom is 0.229 e. The van der Waals surface area contributed by atoms with Crippen molar-refractivity contribution in [3.05, 3.63) is 263 Å². The highest BCUT2D eigenvalue weighted by atomic mass is 19.1. The summed E-state index contributed by atoms with van der Waals surface area (Å²) in [4.78, 5) is 86.4. The molecule has 0 spiro atoms. The molecule has 4 amide bonds. The summed E-state index contributed by atoms with van der Waals surface area (Å²) in [6, 6.07) is 33.6. The maximum absolute atomic E-state index is 14.5. The van der Waals surface area contributed by atoms with E-state index in [4.69, 9.17) is 22.9 Å². The number of aromatic nitrogens is 16. The number of amides is 4. The number of nitrogens with two attached hydrogens (primary N) is 4. The highest BCUT2D eigenvalue weighted by molar-refractivity contribution is 6.04. The van der Waals surface area contributed by atoms with E-state index in [0.29, 0.717) is 89.8 Å². The zero-order valence-corrected chi connectivity index (χ0v) is 72.0. The number of anilines is 8. The Morgan fingerprint density at radius 3 is 0.695 bits per heavy atom. The van der Waals surface area contributed by atoms with Crippen molar-refractivity contribution < 1.29 is 36.7 Å². The average Bonchev–Trinajstić information content (AvgIpc) is 1.61. The van der Waals surface area contributed by atoms with Gasteiger partial charge in [0, 0.05) is 169 Å². The lowest BCUT2D eigenvalue weighted by atomic mass is 10.0. The number of carbonyl (C=O) groups is 4. The average molecular weight is 1720 g/mol. The SMILES string of the molecule is Cc1cccc(F)c1-c1cc2cc(NC(=O)[C@@H]3[C@@H](C)[C@H]3c3cnn(C)c3)ncc2c(N)n1.Cc1cccc(F)c1-c1cc2cc(NC(=O)[C@@H]3[C@H](C)[C@H]3c3cnn(C)c3)ncc2c(N)n1.Cc1cccc(F)c1-c1cc2cc(NC(=O)[C@H]3[C@@H](C)[C@@H]3c3cnn(C)c3)ncc2c(N)n1.Cc1cccc(F)c1-c1cc2cc(NC(=O)[C@H]3[C@H](C)[C@@H]3c3cnn(C)c3)ncc2c(N)n1. The van der Waals surface area contributed by atoms with Crippen LogP contribution < -0.4 is 44.2 Å². The van der Waals surface area contributed by atoms with Crippen LogP contribution in [0.2, 0.25) is 0 Å². The summed E-state index contributed by atoms with van der Waals surface area (Å²) >= 11 is 0. The maximum atomic E-state index is 14.5. The summed E-state index contributed by atoms with van der Waals surface area (Å²) in [6.45, 7) is 15.6. The Morgan fingerprint density at radius 2 is 0.516 bits per heavy atom. The quantitative estimate of drug-likeness (QED) is 0.0417. The Morgan fingerprint density at radius 1 is 0.312 bits per heavy atom. The molecule has 0 aliphatic heterocycles. The molecule has 4 aliphatic rings. The van der Waals surface area contributed by atoms with E-state index in [1.165, 1.54) is 24.3 Å². The molecule has 4 aliphatic carbocycles. The molecule has 0 unspecified atom stereocenters. The van der Waals surface area contributed by atoms with Gasteiger partial charge in [0.05, 0.1) is 47.6 Å². The summed E-state index contributed by atoms with van der Waals surface area (Å²) in [5.74, 6) is 2.02. The van der Waals surface area contributed by atoms with Crippen LogP contribution in [-0.4, -0.2) is 103 Å². The van der Waals surface area contributed by atoms with Gasteiger partial charge in [-0.3, -0.25) is 37.9 Å². The number of pyridine rings is 8. The van der Waals surface area contributed by atoms with Crippen LogP contribution in [0.25, 0.3) is 88.1 Å². The van der Waals surface area contributed by atoms with E-state index < -0.39 is 0 Å². The molecule has 4 fully saturated rings. The summed E-state index contributed by atoms with van der Waals surface area (Å²) in [7, 11) is 7.45. The number of carbonyl (C=O) groups excluding carboxylic acids is 4. The van der Waals surface area contributed by atoms with Gasteiger partial charge in [-0.1, -0.05) is 76.2 Å². The van der Waals surface area contributed by atoms with Crippen LogP contribution in [0.15, 0.2) is 196 Å². The van der Waals surface area contributed by atoms with E-state index in [2.05, 4.69) is 109 Å². The summed E-state index contributed by atoms with van der Waals surface area (Å²) in [5, 5.41) is 34.0. The number of nitrogens with zero attached hydrogens (tertiary/aromatic N) is 16. The number of nitrogens with one attached hydrogen (secondary N) is 4. The molecule has 12 N–H and O–H groups in total. The minimum atomic E-state index is -0.358. The summed E-state index contributed by atoms with van der Waals surface area (Å²) < 4.78 is 64.9. The highest BCUT2D eigenvalue weighted by Crippen LogP contribution is 2.57. The number of aryl methyl sites for hydroxylation is 8. The van der Waals surface area contributed by atoms with Gasteiger partial charge in [-0.15, -0.1) is 0 Å². The van der Waals surface area contributed by atoms with Crippen molar-refractivity contribution in [2.45, 2.75) is 79.1 Å². The number of halogens is 4. The molecule has 12 heterocycles. The van der Waals surface area contributed by atoms with E-state index in [-0.39, 0.29) is 141 Å². The molecule has 32 heteroatoms. The van der Waals surface area contributed by atoms with E-state index in [0.717, 1.165) is 66.1 Å². The van der Waals surface area contributed by atoms with Crippen LogP contribution in [0.3, 0.4) is 0 Å². The second-order valence-corrected chi connectivity index (χ2v) is 33.8. The molecule has 4 aromatic carbocycles. The summed E-state index contributed by atoms with van der Waals surface area (Å²) in [5.41, 5.74) is 35.3. The van der Waals surface area contributed by atoms with Gasteiger partial charge in [0.1, 0.15) is 69.8 Å². The van der Waals surface area contributed by atoms with E-state index in [1.54, 1.807) is 116 Å². The molecule has 20 rings (SSSR count). The number of rotatable bonds is 16. The topological polar surface area (TPSA) is 395 Å². The van der Waals surface area contributed by atoms with E-state index >= 15 is 0 Å². The fraction of sp³-hybridized carbons (Fsp3) is 0.250. The van der Waals surface area contributed by atoms with Gasteiger partial charge >= 0.3 is 0 Å². The van der Waals surface area contributed by atoms with Gasteiger partial charge in [-0.05, 0) is 190 Å². The van der Waals surface area contributed by atoms with Crippen molar-refractivity contribution in [1.29, 1.82) is 0 Å². The number of fused-ring (bicyclic) bond motifs is 4. The van der Waals surface area contributed by atoms with Crippen LogP contribution in [0.1, 0.15) is 95.9 Å². The Balaban J connectivity index is 0.000000120. The van der Waals surface area contributed by atoms with Crippen molar-refractivity contribution in [3.8, 4) is 45.0 Å². The molecular formula is C96H92F4N24O4. The third-order valence-electron chi connectivity index (χ3n) is 25.1. The Hall–Kier alpha value is -15.2. The van der Waals surface area contributed by atoms with Crippen LogP contribution in [-0.2, 0) is 47.4 Å². The minimum Gasteiger partial charge on any atom is -0.383 e. The normalized spacial score (nSPS) is 19.8. The lowest BCUT2D eigenvalue weighted by Crippen LogP contribution is -2.16. The first-order chi connectivity index (χ1) is 61.3. The molecule has 648 valence electrons. The van der Waals surface area contributed by atoms with Crippen molar-refractivity contribution in [2.75, 3.05) is 44.2 Å². The van der Waals surface area contributed by atoms with Crippen LogP contribution in [0, 0.1) is 98.3 Å². The number of hydrogen-bond donors (Lipinski definition) is 8. The number of nitrogen functional groups attached to an aromatic ring is 4. The molecule has 28 nitrogen and oxygen atoms in total. The van der Waals surface area contributed by atoms with Gasteiger partial charge in [-0.25, -0.2) is 57.4 Å². The van der Waals surface area contributed by atoms with Crippen LogP contribution >= 0.6 is 0 Å². The molecule has 4 saturated carbocycles. The van der Waals surface area contributed by atoms with Gasteiger partial charge < -0.3 is 44.2 Å². The Kier molecular flexibility index (Phi) is 22.6. The Bertz CT molecular complexity index is 6210. The minimum absolute atomic E-state index is 0.0783. The first kappa shape index (κ1) is 85.0. The molecule has 16 aromatic rings. The molecule has 0 bridgehead atoms.